The summed E-state index contributed by atoms with van der Waals surface area (Å²) in [4.78, 5) is 0.323. The molecule has 0 fully saturated rings. The number of nitrogens with one attached hydrogen (secondary N) is 2. The molecule has 0 unspecified atom stereocenters. The summed E-state index contributed by atoms with van der Waals surface area (Å²) in [5.74, 6) is 0. The first-order valence-electron chi connectivity index (χ1n) is 10.4. The Morgan fingerprint density at radius 3 is 1.15 bits per heavy atom. The van der Waals surface area contributed by atoms with Crippen LogP contribution in [-0.2, 0) is 20.0 Å². The van der Waals surface area contributed by atoms with Gasteiger partial charge in [-0.25, -0.2) is 16.8 Å². The van der Waals surface area contributed by atoms with Gasteiger partial charge in [0, 0.05) is 0 Å². The van der Waals surface area contributed by atoms with E-state index in [1.807, 2.05) is 0 Å². The Balaban J connectivity index is 1.61. The van der Waals surface area contributed by atoms with Gasteiger partial charge in [0.25, 0.3) is 20.0 Å². The highest BCUT2D eigenvalue weighted by atomic mass is 32.2. The number of sulfonamides is 2. The Kier molecular flexibility index (Phi) is 6.81. The maximum absolute atomic E-state index is 12.8. The summed E-state index contributed by atoms with van der Waals surface area (Å²) < 4.78 is 56.3. The van der Waals surface area contributed by atoms with E-state index in [0.29, 0.717) is 22.5 Å². The molecule has 0 radical (unpaired) electrons. The highest BCUT2D eigenvalue weighted by Gasteiger charge is 2.16. The second-order valence-corrected chi connectivity index (χ2v) is 10.7. The van der Waals surface area contributed by atoms with Gasteiger partial charge in [-0.2, -0.15) is 0 Å². The Morgan fingerprint density at radius 1 is 0.441 bits per heavy atom. The Morgan fingerprint density at radius 2 is 0.765 bits per heavy atom. The first-order chi connectivity index (χ1) is 16.4. The summed E-state index contributed by atoms with van der Waals surface area (Å²) in [5.41, 5.74) is 2.07. The maximum atomic E-state index is 12.8. The largest absolute Gasteiger partial charge is 0.279 e. The molecule has 0 atom stereocenters. The minimum absolute atomic E-state index is 0.162. The van der Waals surface area contributed by atoms with E-state index in [2.05, 4.69) is 9.44 Å². The summed E-state index contributed by atoms with van der Waals surface area (Å²) in [6, 6.07) is 30.2. The summed E-state index contributed by atoms with van der Waals surface area (Å²) in [6.45, 7) is 0. The molecule has 0 amide bonds. The van der Waals surface area contributed by atoms with Gasteiger partial charge in [-0.15, -0.1) is 0 Å². The summed E-state index contributed by atoms with van der Waals surface area (Å²) in [6.07, 6.45) is 3.47. The smallest absolute Gasteiger partial charge is 0.261 e. The molecule has 4 aromatic carbocycles. The third-order valence-electron chi connectivity index (χ3n) is 4.96. The van der Waals surface area contributed by atoms with Crippen molar-refractivity contribution in [2.75, 3.05) is 9.44 Å². The number of benzene rings is 4. The van der Waals surface area contributed by atoms with Gasteiger partial charge >= 0.3 is 0 Å². The van der Waals surface area contributed by atoms with Gasteiger partial charge in [0.15, 0.2) is 0 Å². The average molecular weight is 491 g/mol. The number of para-hydroxylation sites is 2. The normalized spacial score (nSPS) is 11.9. The molecule has 0 spiro atoms. The van der Waals surface area contributed by atoms with E-state index in [9.17, 15) is 16.8 Å². The zero-order valence-corrected chi connectivity index (χ0v) is 19.6. The lowest BCUT2D eigenvalue weighted by atomic mass is 10.1. The van der Waals surface area contributed by atoms with Crippen LogP contribution in [0.2, 0.25) is 0 Å². The molecule has 0 aromatic heterocycles. The summed E-state index contributed by atoms with van der Waals surface area (Å²) in [5, 5.41) is 0. The number of rotatable bonds is 8. The molecule has 4 aromatic rings. The molecular weight excluding hydrogens is 468 g/mol. The molecule has 8 heteroatoms. The van der Waals surface area contributed by atoms with Gasteiger partial charge in [0.2, 0.25) is 0 Å². The zero-order chi connectivity index (χ0) is 24.0. The minimum Gasteiger partial charge on any atom is -0.279 e. The van der Waals surface area contributed by atoms with Crippen molar-refractivity contribution in [2.24, 2.45) is 0 Å². The van der Waals surface area contributed by atoms with Crippen LogP contribution in [0.15, 0.2) is 119 Å². The monoisotopic (exact) mass is 490 g/mol. The molecule has 0 saturated carbocycles. The lowest BCUT2D eigenvalue weighted by Gasteiger charge is -2.12. The topological polar surface area (TPSA) is 92.3 Å². The van der Waals surface area contributed by atoms with Crippen molar-refractivity contribution in [1.29, 1.82) is 0 Å². The molecule has 0 saturated heterocycles. The molecule has 172 valence electrons. The molecular formula is C26H22N2O4S2. The Hall–Kier alpha value is -3.88. The van der Waals surface area contributed by atoms with Crippen LogP contribution in [-0.4, -0.2) is 16.8 Å². The first kappa shape index (κ1) is 23.3. The first-order valence-corrected chi connectivity index (χ1v) is 13.3. The van der Waals surface area contributed by atoms with Crippen molar-refractivity contribution < 1.29 is 16.8 Å². The van der Waals surface area contributed by atoms with Crippen molar-refractivity contribution in [2.45, 2.75) is 9.79 Å². The minimum atomic E-state index is -3.76. The lowest BCUT2D eigenvalue weighted by Crippen LogP contribution is -2.13. The van der Waals surface area contributed by atoms with E-state index in [0.717, 1.165) is 0 Å². The van der Waals surface area contributed by atoms with Crippen LogP contribution >= 0.6 is 0 Å². The van der Waals surface area contributed by atoms with Gasteiger partial charge in [-0.1, -0.05) is 84.9 Å². The summed E-state index contributed by atoms with van der Waals surface area (Å²) in [7, 11) is -7.51. The fourth-order valence-electron chi connectivity index (χ4n) is 3.26. The molecule has 0 aliphatic rings. The van der Waals surface area contributed by atoms with Crippen LogP contribution in [0.1, 0.15) is 11.1 Å². The van der Waals surface area contributed by atoms with E-state index < -0.39 is 20.0 Å². The molecule has 0 aliphatic carbocycles. The van der Waals surface area contributed by atoms with Crippen LogP contribution < -0.4 is 9.44 Å². The van der Waals surface area contributed by atoms with Crippen LogP contribution in [0, 0.1) is 0 Å². The van der Waals surface area contributed by atoms with Gasteiger partial charge in [-0.05, 0) is 47.5 Å². The second-order valence-electron chi connectivity index (χ2n) is 7.34. The molecule has 0 heterocycles. The molecule has 0 aliphatic heterocycles. The van der Waals surface area contributed by atoms with E-state index >= 15 is 0 Å². The van der Waals surface area contributed by atoms with E-state index in [1.165, 1.54) is 24.3 Å². The third-order valence-corrected chi connectivity index (χ3v) is 7.72. The van der Waals surface area contributed by atoms with Crippen LogP contribution in [0.25, 0.3) is 12.2 Å². The van der Waals surface area contributed by atoms with Crippen molar-refractivity contribution in [3.63, 3.8) is 0 Å². The fourth-order valence-corrected chi connectivity index (χ4v) is 5.47. The number of anilines is 2. The fraction of sp³-hybridized carbons (Fsp3) is 0. The van der Waals surface area contributed by atoms with E-state index in [1.54, 1.807) is 97.1 Å². The zero-order valence-electron chi connectivity index (χ0n) is 18.0. The SMILES string of the molecule is O=S(=O)(Nc1ccccc1/C=C/c1ccccc1NS(=O)(=O)c1ccccc1)c1ccccc1. The third kappa shape index (κ3) is 5.54. The van der Waals surface area contributed by atoms with Crippen molar-refractivity contribution >= 4 is 43.6 Å². The summed E-state index contributed by atoms with van der Waals surface area (Å²) >= 11 is 0. The van der Waals surface area contributed by atoms with Gasteiger partial charge < -0.3 is 0 Å². The van der Waals surface area contributed by atoms with Gasteiger partial charge in [-0.3, -0.25) is 9.44 Å². The maximum Gasteiger partial charge on any atom is 0.261 e. The van der Waals surface area contributed by atoms with E-state index in [4.69, 9.17) is 0 Å². The highest BCUT2D eigenvalue weighted by Crippen LogP contribution is 2.25. The van der Waals surface area contributed by atoms with Crippen molar-refractivity contribution in [3.8, 4) is 0 Å². The predicted octanol–water partition coefficient (Wildman–Crippen LogP) is 5.46. The molecule has 0 bridgehead atoms. The Bertz CT molecular complexity index is 1400. The quantitative estimate of drug-likeness (QED) is 0.321. The Labute approximate surface area is 199 Å². The number of hydrogen-bond acceptors (Lipinski definition) is 4. The van der Waals surface area contributed by atoms with Crippen LogP contribution in [0.5, 0.6) is 0 Å². The molecule has 6 nitrogen and oxygen atoms in total. The van der Waals surface area contributed by atoms with Gasteiger partial charge in [0.05, 0.1) is 21.2 Å². The lowest BCUT2D eigenvalue weighted by molar-refractivity contribution is 0.599. The highest BCUT2D eigenvalue weighted by molar-refractivity contribution is 7.93. The van der Waals surface area contributed by atoms with Crippen molar-refractivity contribution in [3.05, 3.63) is 120 Å². The molecule has 2 N–H and O–H groups in total. The molecule has 4 rings (SSSR count). The average Bonchev–Trinajstić information content (AvgIpc) is 2.85. The number of hydrogen-bond donors (Lipinski definition) is 2. The predicted molar refractivity (Wildman–Crippen MR) is 136 cm³/mol. The van der Waals surface area contributed by atoms with Gasteiger partial charge in [0.1, 0.15) is 0 Å². The van der Waals surface area contributed by atoms with Crippen LogP contribution in [0.4, 0.5) is 11.4 Å². The molecule has 34 heavy (non-hydrogen) atoms. The standard InChI is InChI=1S/C26H22N2O4S2/c29-33(30,23-13-3-1-4-14-23)27-25-17-9-7-11-21(25)19-20-22-12-8-10-18-26(22)28-34(31,32)24-15-5-2-6-16-24/h1-20,27-28H/b20-19+. The van der Waals surface area contributed by atoms with Crippen LogP contribution in [0.3, 0.4) is 0 Å². The second kappa shape index (κ2) is 9.94. The van der Waals surface area contributed by atoms with E-state index in [-0.39, 0.29) is 9.79 Å². The van der Waals surface area contributed by atoms with Crippen molar-refractivity contribution in [1.82, 2.24) is 0 Å².